The lowest BCUT2D eigenvalue weighted by Crippen LogP contribution is -2.07. The summed E-state index contributed by atoms with van der Waals surface area (Å²) in [4.78, 5) is 14.1. The molecule has 1 aromatic heterocycles. The number of hydrogen-bond acceptors (Lipinski definition) is 4. The maximum absolute atomic E-state index is 14.7. The van der Waals surface area contributed by atoms with Crippen molar-refractivity contribution in [2.75, 3.05) is 5.32 Å². The molecule has 0 radical (unpaired) electrons. The molecule has 0 atom stereocenters. The molecule has 6 heteroatoms. The number of anilines is 2. The van der Waals surface area contributed by atoms with Gasteiger partial charge in [0.2, 0.25) is 5.95 Å². The molecule has 1 aliphatic rings. The Bertz CT molecular complexity index is 1430. The Kier molecular flexibility index (Phi) is 5.48. The number of aromatic nitrogens is 2. The fourth-order valence-electron chi connectivity index (χ4n) is 3.95. The molecular formula is C27H20ClFN4. The molecule has 0 saturated heterocycles. The van der Waals surface area contributed by atoms with Crippen LogP contribution in [0.5, 0.6) is 0 Å². The van der Waals surface area contributed by atoms with Crippen molar-refractivity contribution in [1.82, 2.24) is 9.97 Å². The highest BCUT2D eigenvalue weighted by Gasteiger charge is 2.23. The van der Waals surface area contributed by atoms with E-state index >= 15 is 0 Å². The highest BCUT2D eigenvalue weighted by molar-refractivity contribution is 6.31. The first kappa shape index (κ1) is 21.0. The summed E-state index contributed by atoms with van der Waals surface area (Å²) in [5.74, 6) is 0.121. The van der Waals surface area contributed by atoms with E-state index in [9.17, 15) is 4.39 Å². The zero-order chi connectivity index (χ0) is 22.9. The molecule has 33 heavy (non-hydrogen) atoms. The molecule has 4 nitrogen and oxygen atoms in total. The van der Waals surface area contributed by atoms with Crippen molar-refractivity contribution in [3.63, 3.8) is 0 Å². The minimum Gasteiger partial charge on any atom is -0.324 e. The van der Waals surface area contributed by atoms with Crippen LogP contribution in [0.1, 0.15) is 29.2 Å². The monoisotopic (exact) mass is 454 g/mol. The minimum absolute atomic E-state index is 0.327. The van der Waals surface area contributed by atoms with Gasteiger partial charge in [0.25, 0.3) is 0 Å². The Labute approximate surface area is 196 Å². The van der Waals surface area contributed by atoms with Crippen LogP contribution in [0.25, 0.3) is 16.8 Å². The molecule has 3 aromatic carbocycles. The van der Waals surface area contributed by atoms with E-state index in [0.29, 0.717) is 28.8 Å². The first-order valence-electron chi connectivity index (χ1n) is 10.5. The van der Waals surface area contributed by atoms with Gasteiger partial charge in [-0.15, -0.1) is 0 Å². The fourth-order valence-corrected chi connectivity index (χ4v) is 4.12. The number of para-hydroxylation sites is 1. The lowest BCUT2D eigenvalue weighted by molar-refractivity contribution is 0.625. The van der Waals surface area contributed by atoms with Gasteiger partial charge in [-0.25, -0.2) is 14.4 Å². The zero-order valence-electron chi connectivity index (χ0n) is 17.9. The molecule has 1 N–H and O–H groups in total. The number of fused-ring (bicyclic) bond motifs is 3. The molecule has 0 fully saturated rings. The SMILES string of the molecule is C=C(C)c1ccccc1Nc1ncc2c(n1)-c1ccc(Cl)cc1C(c1ccccc1F)=NC2. The van der Waals surface area contributed by atoms with Crippen LogP contribution in [0.3, 0.4) is 0 Å². The molecule has 2 heterocycles. The third-order valence-electron chi connectivity index (χ3n) is 5.53. The molecule has 0 unspecified atom stereocenters. The summed E-state index contributed by atoms with van der Waals surface area (Å²) in [5, 5.41) is 3.86. The number of nitrogens with zero attached hydrogens (tertiary/aromatic N) is 3. The highest BCUT2D eigenvalue weighted by Crippen LogP contribution is 2.34. The Hall–Kier alpha value is -3.83. The first-order valence-corrected chi connectivity index (χ1v) is 10.9. The van der Waals surface area contributed by atoms with Gasteiger partial charge in [-0.3, -0.25) is 4.99 Å². The van der Waals surface area contributed by atoms with Gasteiger partial charge in [0, 0.05) is 44.7 Å². The number of allylic oxidation sites excluding steroid dienone is 1. The Morgan fingerprint density at radius 1 is 1.00 bits per heavy atom. The number of aliphatic imine (C=N–C) groups is 1. The van der Waals surface area contributed by atoms with Crippen molar-refractivity contribution in [2.24, 2.45) is 4.99 Å². The van der Waals surface area contributed by atoms with Gasteiger partial charge in [0.15, 0.2) is 0 Å². The molecular weight excluding hydrogens is 435 g/mol. The molecule has 162 valence electrons. The van der Waals surface area contributed by atoms with Crippen molar-refractivity contribution in [1.29, 1.82) is 0 Å². The second-order valence-electron chi connectivity index (χ2n) is 7.85. The summed E-state index contributed by atoms with van der Waals surface area (Å²) in [6.45, 7) is 6.34. The lowest BCUT2D eigenvalue weighted by Gasteiger charge is -2.14. The standard InChI is InChI=1S/C27H20ClFN4/c1-16(2)19-7-4-6-10-24(19)32-27-31-15-17-14-30-26(21-8-3-5-9-23(21)29)22-13-18(28)11-12-20(22)25(17)33-27/h3-13,15H,1,14H2,2H3,(H,31,32,33). The van der Waals surface area contributed by atoms with E-state index in [1.54, 1.807) is 30.5 Å². The van der Waals surface area contributed by atoms with E-state index in [2.05, 4.69) is 16.9 Å². The lowest BCUT2D eigenvalue weighted by atomic mass is 9.95. The number of nitrogens with one attached hydrogen (secondary N) is 1. The van der Waals surface area contributed by atoms with Crippen LogP contribution in [0, 0.1) is 5.82 Å². The maximum Gasteiger partial charge on any atom is 0.227 e. The number of benzene rings is 3. The van der Waals surface area contributed by atoms with Crippen molar-refractivity contribution in [3.05, 3.63) is 113 Å². The van der Waals surface area contributed by atoms with E-state index in [0.717, 1.165) is 39.2 Å². The predicted octanol–water partition coefficient (Wildman–Crippen LogP) is 7.06. The van der Waals surface area contributed by atoms with E-state index in [-0.39, 0.29) is 5.82 Å². The maximum atomic E-state index is 14.7. The largest absolute Gasteiger partial charge is 0.324 e. The molecule has 0 amide bonds. The van der Waals surface area contributed by atoms with Crippen LogP contribution >= 0.6 is 11.6 Å². The summed E-state index contributed by atoms with van der Waals surface area (Å²) >= 11 is 6.33. The van der Waals surface area contributed by atoms with Gasteiger partial charge < -0.3 is 5.32 Å². The van der Waals surface area contributed by atoms with Gasteiger partial charge >= 0.3 is 0 Å². The smallest absolute Gasteiger partial charge is 0.227 e. The van der Waals surface area contributed by atoms with Gasteiger partial charge in [-0.05, 0) is 42.8 Å². The minimum atomic E-state index is -0.335. The van der Waals surface area contributed by atoms with Gasteiger partial charge in [0.1, 0.15) is 5.82 Å². The summed E-state index contributed by atoms with van der Waals surface area (Å²) < 4.78 is 14.7. The quantitative estimate of drug-likeness (QED) is 0.359. The van der Waals surface area contributed by atoms with Crippen LogP contribution in [0.4, 0.5) is 16.0 Å². The van der Waals surface area contributed by atoms with E-state index in [1.165, 1.54) is 6.07 Å². The van der Waals surface area contributed by atoms with Gasteiger partial charge in [-0.1, -0.05) is 54.6 Å². The summed E-state index contributed by atoms with van der Waals surface area (Å²) in [5.41, 5.74) is 6.93. The molecule has 0 aliphatic carbocycles. The van der Waals surface area contributed by atoms with Crippen molar-refractivity contribution in [2.45, 2.75) is 13.5 Å². The highest BCUT2D eigenvalue weighted by atomic mass is 35.5. The summed E-state index contributed by atoms with van der Waals surface area (Å²) in [7, 11) is 0. The van der Waals surface area contributed by atoms with Crippen molar-refractivity contribution in [3.8, 4) is 11.3 Å². The number of rotatable bonds is 4. The van der Waals surface area contributed by atoms with Crippen LogP contribution in [0.15, 0.2) is 84.5 Å². The normalized spacial score (nSPS) is 12.3. The molecule has 0 bridgehead atoms. The molecule has 5 rings (SSSR count). The predicted molar refractivity (Wildman–Crippen MR) is 133 cm³/mol. The Morgan fingerprint density at radius 2 is 1.79 bits per heavy atom. The first-order chi connectivity index (χ1) is 16.0. The fraction of sp³-hybridized carbons (Fsp3) is 0.0741. The van der Waals surface area contributed by atoms with E-state index < -0.39 is 0 Å². The number of halogens is 2. The molecule has 1 aliphatic heterocycles. The Balaban J connectivity index is 1.63. The van der Waals surface area contributed by atoms with Gasteiger partial charge in [0.05, 0.1) is 18.0 Å². The summed E-state index contributed by atoms with van der Waals surface area (Å²) in [6, 6.07) is 20.0. The van der Waals surface area contributed by atoms with Crippen LogP contribution in [0.2, 0.25) is 5.02 Å². The summed E-state index contributed by atoms with van der Waals surface area (Å²) in [6.07, 6.45) is 1.76. The van der Waals surface area contributed by atoms with Crippen LogP contribution in [-0.4, -0.2) is 15.7 Å². The third kappa shape index (κ3) is 4.03. The number of hydrogen-bond donors (Lipinski definition) is 1. The second-order valence-corrected chi connectivity index (χ2v) is 8.29. The third-order valence-corrected chi connectivity index (χ3v) is 5.76. The van der Waals surface area contributed by atoms with Crippen LogP contribution in [-0.2, 0) is 6.54 Å². The van der Waals surface area contributed by atoms with Gasteiger partial charge in [-0.2, -0.15) is 0 Å². The van der Waals surface area contributed by atoms with Crippen LogP contribution < -0.4 is 5.32 Å². The van der Waals surface area contributed by atoms with Crippen molar-refractivity contribution < 1.29 is 4.39 Å². The average Bonchev–Trinajstić information content (AvgIpc) is 2.96. The molecule has 4 aromatic rings. The van der Waals surface area contributed by atoms with Crippen molar-refractivity contribution >= 4 is 34.5 Å². The topological polar surface area (TPSA) is 50.2 Å². The Morgan fingerprint density at radius 3 is 2.61 bits per heavy atom. The van der Waals surface area contributed by atoms with E-state index in [4.69, 9.17) is 21.6 Å². The molecule has 0 saturated carbocycles. The molecule has 0 spiro atoms. The average molecular weight is 455 g/mol. The zero-order valence-corrected chi connectivity index (χ0v) is 18.7. The van der Waals surface area contributed by atoms with E-state index in [1.807, 2.05) is 43.3 Å². The second kappa shape index (κ2) is 8.60.